The number of carbonyl (C=O) groups excluding carboxylic acids is 1. The van der Waals surface area contributed by atoms with E-state index in [1.807, 2.05) is 65.0 Å². The largest absolute Gasteiger partial charge is 0.352 e. The van der Waals surface area contributed by atoms with Crippen LogP contribution in [0.15, 0.2) is 85.0 Å². The van der Waals surface area contributed by atoms with E-state index in [-0.39, 0.29) is 17.1 Å². The predicted molar refractivity (Wildman–Crippen MR) is 163 cm³/mol. The van der Waals surface area contributed by atoms with Crippen molar-refractivity contribution in [2.24, 2.45) is 5.41 Å². The lowest BCUT2D eigenvalue weighted by Crippen LogP contribution is -2.26. The Balaban J connectivity index is 1.55. The normalized spacial score (nSPS) is 12.7. The van der Waals surface area contributed by atoms with E-state index >= 15 is 0 Å². The molecule has 0 aliphatic heterocycles. The number of benzene rings is 1. The van der Waals surface area contributed by atoms with Crippen LogP contribution >= 0.6 is 0 Å². The molecule has 0 saturated carbocycles. The Morgan fingerprint density at radius 1 is 1.02 bits per heavy atom. The lowest BCUT2D eigenvalue weighted by atomic mass is 9.92. The van der Waals surface area contributed by atoms with Gasteiger partial charge in [0.2, 0.25) is 5.91 Å². The topological polar surface area (TPSA) is 99.4 Å². The number of nitrogens with zero attached hydrogens (tertiary/aromatic N) is 3. The molecule has 0 unspecified atom stereocenters. The number of H-pyrrole nitrogens is 2. The summed E-state index contributed by atoms with van der Waals surface area (Å²) in [5.74, 6) is -0.343. The fraction of sp³-hybridized carbons (Fsp3) is 0.212. The molecule has 0 radical (unpaired) electrons. The van der Waals surface area contributed by atoms with E-state index in [0.29, 0.717) is 34.6 Å². The summed E-state index contributed by atoms with van der Waals surface area (Å²) in [6.07, 6.45) is 9.39. The number of nitrogens with one attached hydrogen (secondary N) is 3. The van der Waals surface area contributed by atoms with Crippen LogP contribution in [0.4, 0.5) is 4.39 Å². The number of allylic oxidation sites excluding steroid dienone is 5. The number of rotatable bonds is 7. The second-order valence-electron chi connectivity index (χ2n) is 11.6. The van der Waals surface area contributed by atoms with Gasteiger partial charge in [0.15, 0.2) is 0 Å². The maximum Gasteiger partial charge on any atom is 0.224 e. The highest BCUT2D eigenvalue weighted by molar-refractivity contribution is 6.01. The molecular weight excluding hydrogens is 515 g/mol. The van der Waals surface area contributed by atoms with E-state index in [1.54, 1.807) is 30.7 Å². The van der Waals surface area contributed by atoms with Gasteiger partial charge in [-0.1, -0.05) is 57.2 Å². The maximum atomic E-state index is 14.6. The molecule has 0 bridgehead atoms. The molecule has 8 heteroatoms. The highest BCUT2D eigenvalue weighted by Crippen LogP contribution is 2.35. The van der Waals surface area contributed by atoms with E-state index in [2.05, 4.69) is 37.0 Å². The number of hydrogen-bond acceptors (Lipinski definition) is 4. The molecule has 1 amide bonds. The van der Waals surface area contributed by atoms with Gasteiger partial charge < -0.3 is 10.3 Å². The molecular formula is C33H33FN6O. The minimum absolute atomic E-state index is 0.0375. The van der Waals surface area contributed by atoms with Gasteiger partial charge in [-0.2, -0.15) is 5.10 Å². The molecule has 0 spiro atoms. The van der Waals surface area contributed by atoms with Crippen molar-refractivity contribution in [1.82, 2.24) is 30.5 Å². The van der Waals surface area contributed by atoms with Crippen molar-refractivity contribution in [3.63, 3.8) is 0 Å². The monoisotopic (exact) mass is 548 g/mol. The van der Waals surface area contributed by atoms with Gasteiger partial charge in [-0.25, -0.2) is 4.39 Å². The summed E-state index contributed by atoms with van der Waals surface area (Å²) in [4.78, 5) is 24.9. The number of amides is 1. The lowest BCUT2D eigenvalue weighted by molar-refractivity contribution is -0.122. The van der Waals surface area contributed by atoms with Gasteiger partial charge in [0, 0.05) is 45.8 Å². The molecule has 0 saturated heterocycles. The molecule has 0 aliphatic rings. The van der Waals surface area contributed by atoms with Crippen molar-refractivity contribution in [3.8, 4) is 22.5 Å². The van der Waals surface area contributed by atoms with Gasteiger partial charge in [0.1, 0.15) is 11.5 Å². The third kappa shape index (κ3) is 6.17. The Kier molecular flexibility index (Phi) is 7.41. The van der Waals surface area contributed by atoms with Crippen LogP contribution in [0.5, 0.6) is 0 Å². The predicted octanol–water partition coefficient (Wildman–Crippen LogP) is 7.72. The summed E-state index contributed by atoms with van der Waals surface area (Å²) < 4.78 is 14.6. The third-order valence-electron chi connectivity index (χ3n) is 6.51. The van der Waals surface area contributed by atoms with Crippen molar-refractivity contribution in [3.05, 3.63) is 96.5 Å². The Labute approximate surface area is 238 Å². The van der Waals surface area contributed by atoms with Crippen LogP contribution in [-0.2, 0) is 4.79 Å². The first kappa shape index (κ1) is 27.7. The summed E-state index contributed by atoms with van der Waals surface area (Å²) in [5, 5.41) is 12.3. The molecule has 3 N–H and O–H groups in total. The number of hydrogen-bond donors (Lipinski definition) is 3. The third-order valence-corrected chi connectivity index (χ3v) is 6.51. The first-order valence-electron chi connectivity index (χ1n) is 13.4. The fourth-order valence-corrected chi connectivity index (χ4v) is 4.82. The van der Waals surface area contributed by atoms with E-state index < -0.39 is 0 Å². The standard InChI is InChI=1S/C33H33FN6O/c1-19(2)11-21(12-20(3)37-31(41)15-33(4,5)6)27-14-24-30(18-36-27)39-40-32(24)28-13-23-25(16-35-17-29(23)38-28)22-9-7-8-10-26(22)34/h7-14,16-18,38H,1,15H2,2-6H3,(H,37,41)(H,39,40)/b20-12+,21-11+. The SMILES string of the molecule is C=C(C)/C=C(\C=C(/C)NC(=O)CC(C)(C)C)c1cc2c(-c3cc4c(-c5ccccc5F)cncc4[nH]3)n[nH]c2cn1. The second-order valence-corrected chi connectivity index (χ2v) is 11.6. The van der Waals surface area contributed by atoms with Gasteiger partial charge in [0.05, 0.1) is 34.8 Å². The minimum atomic E-state index is -0.305. The molecule has 5 rings (SSSR count). The molecule has 1 aromatic carbocycles. The summed E-state index contributed by atoms with van der Waals surface area (Å²) in [6, 6.07) is 10.6. The zero-order valence-corrected chi connectivity index (χ0v) is 23.9. The van der Waals surface area contributed by atoms with Gasteiger partial charge in [0.25, 0.3) is 0 Å². The summed E-state index contributed by atoms with van der Waals surface area (Å²) in [5.41, 5.74) is 7.16. The first-order chi connectivity index (χ1) is 19.5. The second kappa shape index (κ2) is 11.0. The zero-order valence-electron chi connectivity index (χ0n) is 23.9. The number of fused-ring (bicyclic) bond motifs is 2. The van der Waals surface area contributed by atoms with Gasteiger partial charge in [-0.05, 0) is 43.5 Å². The van der Waals surface area contributed by atoms with Crippen LogP contribution in [0.3, 0.4) is 0 Å². The summed E-state index contributed by atoms with van der Waals surface area (Å²) in [7, 11) is 0. The highest BCUT2D eigenvalue weighted by atomic mass is 19.1. The maximum absolute atomic E-state index is 14.6. The molecule has 41 heavy (non-hydrogen) atoms. The van der Waals surface area contributed by atoms with Crippen LogP contribution in [0.1, 0.15) is 46.7 Å². The zero-order chi connectivity index (χ0) is 29.3. The van der Waals surface area contributed by atoms with Crippen LogP contribution < -0.4 is 5.32 Å². The average Bonchev–Trinajstić information content (AvgIpc) is 3.50. The summed E-state index contributed by atoms with van der Waals surface area (Å²) in [6.45, 7) is 13.9. The molecule has 5 aromatic rings. The van der Waals surface area contributed by atoms with Gasteiger partial charge in [-0.15, -0.1) is 0 Å². The Hall–Kier alpha value is -4.85. The van der Waals surface area contributed by atoms with Gasteiger partial charge >= 0.3 is 0 Å². The van der Waals surface area contributed by atoms with Crippen LogP contribution in [0.25, 0.3) is 49.9 Å². The highest BCUT2D eigenvalue weighted by Gasteiger charge is 2.18. The molecule has 4 heterocycles. The molecule has 7 nitrogen and oxygen atoms in total. The lowest BCUT2D eigenvalue weighted by Gasteiger charge is -2.17. The number of carbonyl (C=O) groups is 1. The van der Waals surface area contributed by atoms with Crippen molar-refractivity contribution >= 4 is 33.3 Å². The van der Waals surface area contributed by atoms with E-state index in [9.17, 15) is 9.18 Å². The van der Waals surface area contributed by atoms with Crippen LogP contribution in [0.2, 0.25) is 0 Å². The Bertz CT molecular complexity index is 1850. The van der Waals surface area contributed by atoms with Crippen LogP contribution in [-0.4, -0.2) is 31.1 Å². The Morgan fingerprint density at radius 3 is 2.54 bits per heavy atom. The Morgan fingerprint density at radius 2 is 1.80 bits per heavy atom. The molecule has 0 aliphatic carbocycles. The first-order valence-corrected chi connectivity index (χ1v) is 13.4. The number of aromatic nitrogens is 5. The average molecular weight is 549 g/mol. The van der Waals surface area contributed by atoms with E-state index in [1.165, 1.54) is 6.07 Å². The minimum Gasteiger partial charge on any atom is -0.352 e. The van der Waals surface area contributed by atoms with Crippen molar-refractivity contribution in [2.45, 2.75) is 41.0 Å². The van der Waals surface area contributed by atoms with E-state index in [0.717, 1.165) is 38.6 Å². The van der Waals surface area contributed by atoms with Crippen molar-refractivity contribution in [1.29, 1.82) is 0 Å². The molecule has 4 aromatic heterocycles. The van der Waals surface area contributed by atoms with Crippen LogP contribution in [0, 0.1) is 11.2 Å². The molecule has 0 atom stereocenters. The van der Waals surface area contributed by atoms with E-state index in [4.69, 9.17) is 0 Å². The van der Waals surface area contributed by atoms with Crippen molar-refractivity contribution < 1.29 is 9.18 Å². The smallest absolute Gasteiger partial charge is 0.224 e. The van der Waals surface area contributed by atoms with Crippen molar-refractivity contribution in [2.75, 3.05) is 0 Å². The number of pyridine rings is 2. The quantitative estimate of drug-likeness (QED) is 0.181. The number of halogens is 1. The molecule has 0 fully saturated rings. The summed E-state index contributed by atoms with van der Waals surface area (Å²) >= 11 is 0. The van der Waals surface area contributed by atoms with Gasteiger partial charge in [-0.3, -0.25) is 19.9 Å². The fourth-order valence-electron chi connectivity index (χ4n) is 4.82. The molecule has 208 valence electrons. The number of aromatic amines is 2.